The fourth-order valence-corrected chi connectivity index (χ4v) is 21.3. The van der Waals surface area contributed by atoms with Crippen molar-refractivity contribution < 1.29 is 0 Å². The minimum Gasteiger partial charge on any atom is -0.336 e. The van der Waals surface area contributed by atoms with E-state index in [-0.39, 0.29) is 39.2 Å². The van der Waals surface area contributed by atoms with Crippen LogP contribution in [0, 0.1) is 0 Å². The molecule has 127 heavy (non-hydrogen) atoms. The van der Waals surface area contributed by atoms with Gasteiger partial charge in [-0.05, 0) is 246 Å². The van der Waals surface area contributed by atoms with Crippen LogP contribution in [0.1, 0.15) is 186 Å². The van der Waals surface area contributed by atoms with Crippen molar-refractivity contribution in [1.29, 1.82) is 0 Å². The molecule has 4 aliphatic rings. The summed E-state index contributed by atoms with van der Waals surface area (Å²) >= 11 is 0. The van der Waals surface area contributed by atoms with Crippen molar-refractivity contribution in [3.63, 3.8) is 0 Å². The number of hydrogen-bond donors (Lipinski definition) is 0. The molecule has 0 saturated carbocycles. The summed E-state index contributed by atoms with van der Waals surface area (Å²) in [5.41, 5.74) is 42.5. The second-order valence-corrected chi connectivity index (χ2v) is 42.5. The third kappa shape index (κ3) is 13.3. The molecule has 624 valence electrons. The second-order valence-electron chi connectivity index (χ2n) is 42.5. The van der Waals surface area contributed by atoms with Gasteiger partial charge in [0.05, 0.1) is 27.8 Å². The molecule has 0 unspecified atom stereocenters. The molecule has 0 radical (unpaired) electrons. The van der Waals surface area contributed by atoms with Crippen LogP contribution in [0.2, 0.25) is 0 Å². The van der Waals surface area contributed by atoms with Crippen LogP contribution in [-0.4, -0.2) is 11.3 Å². The summed E-state index contributed by atoms with van der Waals surface area (Å²) in [5.74, 6) is 0. The van der Waals surface area contributed by atoms with E-state index in [2.05, 4.69) is 490 Å². The Kier molecular flexibility index (Phi) is 18.7. The molecule has 5 heteroatoms. The van der Waals surface area contributed by atoms with Crippen LogP contribution < -0.4 is 31.1 Å². The molecule has 0 spiro atoms. The van der Waals surface area contributed by atoms with E-state index >= 15 is 0 Å². The van der Waals surface area contributed by atoms with Gasteiger partial charge in [-0.2, -0.15) is 0 Å². The average molecular weight is 1650 g/mol. The lowest BCUT2D eigenvalue weighted by molar-refractivity contribution is 0.589. The number of fused-ring (bicyclic) bond motifs is 13. The fourth-order valence-electron chi connectivity index (χ4n) is 21.3. The first-order valence-electron chi connectivity index (χ1n) is 45.8. The van der Waals surface area contributed by atoms with Crippen LogP contribution in [0.4, 0.5) is 45.5 Å². The Bertz CT molecular complexity index is 7030. The Morgan fingerprint density at radius 3 is 1.02 bits per heavy atom. The highest BCUT2D eigenvalue weighted by molar-refractivity contribution is 7.00. The Balaban J connectivity index is 0.977. The van der Waals surface area contributed by atoms with E-state index < -0.39 is 5.41 Å². The third-order valence-corrected chi connectivity index (χ3v) is 28.2. The number of hydrogen-bond acceptors (Lipinski definition) is 3. The predicted octanol–water partition coefficient (Wildman–Crippen LogP) is 31.0. The summed E-state index contributed by atoms with van der Waals surface area (Å²) in [6, 6.07) is 136. The van der Waals surface area contributed by atoms with E-state index in [1.807, 2.05) is 0 Å². The van der Waals surface area contributed by atoms with Crippen molar-refractivity contribution in [2.75, 3.05) is 14.7 Å². The molecule has 16 aromatic carbocycles. The van der Waals surface area contributed by atoms with Crippen LogP contribution >= 0.6 is 0 Å². The van der Waals surface area contributed by atoms with Gasteiger partial charge in [-0.25, -0.2) is 0 Å². The fraction of sp³-hybridized carbons (Fsp3) is 0.213. The van der Waals surface area contributed by atoms with Crippen LogP contribution in [0.5, 0.6) is 0 Å². The zero-order valence-corrected chi connectivity index (χ0v) is 77.0. The van der Waals surface area contributed by atoms with E-state index in [1.54, 1.807) is 0 Å². The number of nitrogens with zero attached hydrogens (tertiary/aromatic N) is 4. The Morgan fingerprint density at radius 2 is 0.598 bits per heavy atom. The zero-order valence-electron chi connectivity index (χ0n) is 77.0. The lowest BCUT2D eigenvalue weighted by Crippen LogP contribution is -2.61. The molecule has 3 aliphatic heterocycles. The third-order valence-electron chi connectivity index (χ3n) is 28.2. The Morgan fingerprint density at radius 1 is 0.252 bits per heavy atom. The average Bonchev–Trinajstić information content (AvgIpc) is 1.67. The van der Waals surface area contributed by atoms with Crippen molar-refractivity contribution in [2.24, 2.45) is 0 Å². The summed E-state index contributed by atoms with van der Waals surface area (Å²) in [6.07, 6.45) is 0. The van der Waals surface area contributed by atoms with Crippen molar-refractivity contribution >= 4 is 90.4 Å². The summed E-state index contributed by atoms with van der Waals surface area (Å²) in [5, 5.41) is 2.51. The Hall–Kier alpha value is -13.2. The minimum absolute atomic E-state index is 0.0565. The maximum atomic E-state index is 2.81. The largest absolute Gasteiger partial charge is 0.336 e. The maximum Gasteiger partial charge on any atom is 0.252 e. The van der Waals surface area contributed by atoms with Gasteiger partial charge < -0.3 is 19.3 Å². The van der Waals surface area contributed by atoms with Gasteiger partial charge in [0, 0.05) is 84.9 Å². The van der Waals surface area contributed by atoms with E-state index in [1.165, 1.54) is 122 Å². The van der Waals surface area contributed by atoms with Gasteiger partial charge in [-0.15, -0.1) is 0 Å². The minimum atomic E-state index is -0.886. The highest BCUT2D eigenvalue weighted by Gasteiger charge is 2.52. The maximum absolute atomic E-state index is 2.81. The number of anilines is 8. The van der Waals surface area contributed by atoms with Crippen LogP contribution in [0.15, 0.2) is 346 Å². The number of rotatable bonds is 10. The molecule has 0 saturated heterocycles. The normalized spacial score (nSPS) is 14.0. The highest BCUT2D eigenvalue weighted by Crippen LogP contribution is 2.62. The summed E-state index contributed by atoms with van der Waals surface area (Å²) in [6.45, 7) is 42.8. The molecule has 1 aliphatic carbocycles. The molecule has 0 amide bonds. The first kappa shape index (κ1) is 80.9. The van der Waals surface area contributed by atoms with E-state index in [0.29, 0.717) is 6.54 Å². The molecule has 17 aromatic rings. The molecule has 4 nitrogen and oxygen atoms in total. The number of aromatic nitrogens is 1. The molecule has 4 heterocycles. The van der Waals surface area contributed by atoms with E-state index in [4.69, 9.17) is 0 Å². The summed E-state index contributed by atoms with van der Waals surface area (Å²) in [4.78, 5) is 8.26. The molecular formula is C122H113BN4. The highest BCUT2D eigenvalue weighted by atomic mass is 15.2. The molecule has 0 N–H and O–H groups in total. The van der Waals surface area contributed by atoms with E-state index in [0.717, 1.165) is 95.6 Å². The van der Waals surface area contributed by atoms with Crippen LogP contribution in [0.25, 0.3) is 94.3 Å². The second kappa shape index (κ2) is 29.4. The molecule has 21 rings (SSSR count). The van der Waals surface area contributed by atoms with Gasteiger partial charge >= 0.3 is 0 Å². The zero-order chi connectivity index (χ0) is 87.9. The first-order chi connectivity index (χ1) is 60.8. The monoisotopic (exact) mass is 1640 g/mol. The topological polar surface area (TPSA) is 14.7 Å². The molecule has 0 bridgehead atoms. The molecule has 0 fully saturated rings. The SMILES string of the molecule is CC(C)(C)c1ccc2c(c1)-c1cc(C(C)(C)C)ccc1N(c1ccc3c(c1)N(c1c(-c4ccccc4)cc(C(C)(C)C)cc1-c1ccccc1)c1cc(C4(c5ccccc5)c5ccccc5-c5ccccc54)cc4c1B3c1ccc(-n3c5ccc(C(C)(C)C)cc5c5cc(C(C)(C)C)ccc53)cc1N4c1c(-c3ccccc3)cc(C(C)(C)C)cc1-c1ccccc1)C2. The van der Waals surface area contributed by atoms with Crippen LogP contribution in [0.3, 0.4) is 0 Å². The van der Waals surface area contributed by atoms with Crippen LogP contribution in [-0.2, 0) is 44.4 Å². The van der Waals surface area contributed by atoms with Gasteiger partial charge in [-0.3, -0.25) is 0 Å². The molecule has 0 atom stereocenters. The van der Waals surface area contributed by atoms with Crippen molar-refractivity contribution in [1.82, 2.24) is 4.57 Å². The molecular weight excluding hydrogens is 1530 g/mol. The first-order valence-corrected chi connectivity index (χ1v) is 45.8. The van der Waals surface area contributed by atoms with Crippen molar-refractivity contribution in [3.8, 4) is 72.4 Å². The van der Waals surface area contributed by atoms with Gasteiger partial charge in [0.25, 0.3) is 6.71 Å². The quantitative estimate of drug-likeness (QED) is 0.127. The molecule has 1 aromatic heterocycles. The summed E-state index contributed by atoms with van der Waals surface area (Å²) < 4.78 is 2.60. The van der Waals surface area contributed by atoms with E-state index in [9.17, 15) is 0 Å². The standard InChI is InChI=1S/C122H113BN4/c1-116(2,3)83-53-52-81-76-124(106-61-54-84(117(4,5)6)65-99(106)94(81)64-83)90-57-59-104-109(74-90)126(114-95(77-38-24-19-25-39-77)68-87(120(13,14)15)69-96(114)78-40-26-20-27-41-78)111-72-89(122(82-46-32-23-33-47-82)102-50-36-34-48-92(102)93-49-35-37-51-103(93)122)73-112-113(111)123(104)105-60-58-91(125-107-62-55-85(118(7,8)9)66-100(107)101-67-86(119(10,11)12)56-63-108(101)125)75-110(105)127(112)115-97(79-42-28-21-29-43-79)70-88(121(16,17)18)71-98(115)80-44-30-22-31-45-80/h19-75H,76H2,1-18H3. The predicted molar refractivity (Wildman–Crippen MR) is 544 cm³/mol. The lowest BCUT2D eigenvalue weighted by atomic mass is 9.33. The van der Waals surface area contributed by atoms with Crippen molar-refractivity contribution in [3.05, 3.63) is 407 Å². The Labute approximate surface area is 753 Å². The summed E-state index contributed by atoms with van der Waals surface area (Å²) in [7, 11) is 0. The van der Waals surface area contributed by atoms with Gasteiger partial charge in [0.1, 0.15) is 0 Å². The smallest absolute Gasteiger partial charge is 0.252 e. The van der Waals surface area contributed by atoms with Gasteiger partial charge in [0.2, 0.25) is 0 Å². The lowest BCUT2D eigenvalue weighted by Gasteiger charge is -2.47. The van der Waals surface area contributed by atoms with Gasteiger partial charge in [0.15, 0.2) is 0 Å². The number of benzene rings is 16. The van der Waals surface area contributed by atoms with Gasteiger partial charge in [-0.1, -0.05) is 373 Å². The van der Waals surface area contributed by atoms with Crippen molar-refractivity contribution in [2.45, 2.75) is 169 Å².